The second-order valence-electron chi connectivity index (χ2n) is 5.28. The predicted molar refractivity (Wildman–Crippen MR) is 69.2 cm³/mol. The molecule has 2 fully saturated rings. The third kappa shape index (κ3) is 2.65. The molecular weight excluding hydrogens is 318 g/mol. The molecule has 2 saturated heterocycles. The number of hydroxylamine groups is 2. The van der Waals surface area contributed by atoms with Crippen LogP contribution in [0.5, 0.6) is 0 Å². The number of carbonyl (C=O) groups is 1. The summed E-state index contributed by atoms with van der Waals surface area (Å²) in [6, 6.07) is -2.03. The molecule has 2 bridgehead atoms. The lowest BCUT2D eigenvalue weighted by atomic mass is 10.0. The van der Waals surface area contributed by atoms with Gasteiger partial charge in [-0.25, -0.2) is 4.79 Å². The SMILES string of the molecule is C[C@H](N)c1nnc([C@H]2CC[C@@H]3CN2C(=O)N3OS(=O)(=O)O)o1. The number of urea groups is 1. The molecule has 1 aromatic rings. The number of fused-ring (bicyclic) bond motifs is 2. The molecule has 3 rings (SSSR count). The van der Waals surface area contributed by atoms with Crippen molar-refractivity contribution in [2.45, 2.75) is 37.9 Å². The van der Waals surface area contributed by atoms with Crippen LogP contribution in [-0.2, 0) is 14.7 Å². The van der Waals surface area contributed by atoms with Gasteiger partial charge in [0.1, 0.15) is 6.04 Å². The summed E-state index contributed by atoms with van der Waals surface area (Å²) in [5.74, 6) is 0.502. The van der Waals surface area contributed by atoms with E-state index in [1.807, 2.05) is 0 Å². The fourth-order valence-electron chi connectivity index (χ4n) is 2.65. The molecule has 2 aliphatic heterocycles. The van der Waals surface area contributed by atoms with Crippen molar-refractivity contribution in [1.82, 2.24) is 20.2 Å². The summed E-state index contributed by atoms with van der Waals surface area (Å²) in [5.41, 5.74) is 5.65. The van der Waals surface area contributed by atoms with Gasteiger partial charge < -0.3 is 15.1 Å². The van der Waals surface area contributed by atoms with Crippen LogP contribution in [-0.4, -0.2) is 51.7 Å². The second-order valence-corrected chi connectivity index (χ2v) is 6.28. The number of nitrogens with zero attached hydrogens (tertiary/aromatic N) is 4. The highest BCUT2D eigenvalue weighted by atomic mass is 32.3. The summed E-state index contributed by atoms with van der Waals surface area (Å²) in [6.45, 7) is 1.94. The normalized spacial score (nSPS) is 26.6. The van der Waals surface area contributed by atoms with E-state index in [9.17, 15) is 13.2 Å². The van der Waals surface area contributed by atoms with E-state index >= 15 is 0 Å². The maximum atomic E-state index is 12.2. The van der Waals surface area contributed by atoms with E-state index in [4.69, 9.17) is 14.7 Å². The van der Waals surface area contributed by atoms with Crippen LogP contribution >= 0.6 is 0 Å². The van der Waals surface area contributed by atoms with E-state index in [0.717, 1.165) is 0 Å². The molecule has 0 unspecified atom stereocenters. The Bertz CT molecular complexity index is 688. The number of aromatic nitrogens is 2. The van der Waals surface area contributed by atoms with Gasteiger partial charge in [0, 0.05) is 6.54 Å². The van der Waals surface area contributed by atoms with Crippen molar-refractivity contribution in [1.29, 1.82) is 0 Å². The van der Waals surface area contributed by atoms with Crippen molar-refractivity contribution in [2.75, 3.05) is 6.54 Å². The lowest BCUT2D eigenvalue weighted by Gasteiger charge is -2.27. The zero-order valence-electron chi connectivity index (χ0n) is 11.6. The molecule has 0 saturated carbocycles. The Morgan fingerprint density at radius 1 is 1.45 bits per heavy atom. The molecule has 0 radical (unpaired) electrons. The number of carbonyl (C=O) groups excluding carboxylic acids is 1. The monoisotopic (exact) mass is 333 g/mol. The first-order valence-corrected chi connectivity index (χ1v) is 7.98. The van der Waals surface area contributed by atoms with Gasteiger partial charge in [-0.05, 0) is 19.8 Å². The summed E-state index contributed by atoms with van der Waals surface area (Å²) in [7, 11) is -4.76. The molecule has 122 valence electrons. The molecule has 2 aliphatic rings. The molecule has 0 spiro atoms. The van der Waals surface area contributed by atoms with Crippen LogP contribution in [0.1, 0.15) is 43.6 Å². The average Bonchev–Trinajstić information content (AvgIpc) is 2.99. The first-order valence-electron chi connectivity index (χ1n) is 6.62. The number of amides is 2. The summed E-state index contributed by atoms with van der Waals surface area (Å²) >= 11 is 0. The minimum atomic E-state index is -4.76. The molecule has 22 heavy (non-hydrogen) atoms. The third-order valence-corrected chi connectivity index (χ3v) is 3.98. The number of hydrogen-bond donors (Lipinski definition) is 2. The molecule has 0 aliphatic carbocycles. The Kier molecular flexibility index (Phi) is 3.55. The van der Waals surface area contributed by atoms with Gasteiger partial charge >= 0.3 is 16.4 Å². The van der Waals surface area contributed by atoms with E-state index in [1.165, 1.54) is 4.90 Å². The molecule has 3 atom stereocenters. The van der Waals surface area contributed by atoms with Crippen molar-refractivity contribution >= 4 is 16.4 Å². The van der Waals surface area contributed by atoms with Gasteiger partial charge in [0.05, 0.1) is 12.1 Å². The Morgan fingerprint density at radius 3 is 2.77 bits per heavy atom. The number of rotatable bonds is 4. The Hall–Kier alpha value is -1.76. The maximum Gasteiger partial charge on any atom is 0.418 e. The fraction of sp³-hybridized carbons (Fsp3) is 0.700. The highest BCUT2D eigenvalue weighted by molar-refractivity contribution is 7.80. The predicted octanol–water partition coefficient (Wildman–Crippen LogP) is -0.235. The van der Waals surface area contributed by atoms with Crippen LogP contribution in [0.25, 0.3) is 0 Å². The Morgan fingerprint density at radius 2 is 2.18 bits per heavy atom. The van der Waals surface area contributed by atoms with E-state index in [-0.39, 0.29) is 18.3 Å². The zero-order valence-corrected chi connectivity index (χ0v) is 12.4. The van der Waals surface area contributed by atoms with Gasteiger partial charge in [-0.1, -0.05) is 0 Å². The largest absolute Gasteiger partial charge is 0.421 e. The molecule has 0 aromatic carbocycles. The Labute approximate surface area is 125 Å². The summed E-state index contributed by atoms with van der Waals surface area (Å²) < 4.78 is 40.2. The minimum Gasteiger partial charge on any atom is -0.421 e. The maximum absolute atomic E-state index is 12.2. The highest BCUT2D eigenvalue weighted by Gasteiger charge is 2.49. The average molecular weight is 333 g/mol. The smallest absolute Gasteiger partial charge is 0.418 e. The molecular formula is C10H15N5O6S. The first-order chi connectivity index (χ1) is 10.3. The van der Waals surface area contributed by atoms with Crippen LogP contribution < -0.4 is 5.73 Å². The molecule has 2 amide bonds. The van der Waals surface area contributed by atoms with Crippen molar-refractivity contribution in [3.05, 3.63) is 11.8 Å². The molecule has 12 heteroatoms. The number of hydrogen-bond acceptors (Lipinski definition) is 8. The van der Waals surface area contributed by atoms with Gasteiger partial charge in [0.2, 0.25) is 11.8 Å². The minimum absolute atomic E-state index is 0.243. The van der Waals surface area contributed by atoms with E-state index in [1.54, 1.807) is 6.92 Å². The van der Waals surface area contributed by atoms with Crippen LogP contribution in [0, 0.1) is 0 Å². The van der Waals surface area contributed by atoms with Crippen molar-refractivity contribution in [2.24, 2.45) is 5.73 Å². The van der Waals surface area contributed by atoms with Crippen LogP contribution in [0.15, 0.2) is 4.42 Å². The van der Waals surface area contributed by atoms with E-state index in [2.05, 4.69) is 14.5 Å². The summed E-state index contributed by atoms with van der Waals surface area (Å²) in [4.78, 5) is 13.6. The standard InChI is InChI=1S/C10H15N5O6S/c1-5(11)8-12-13-9(20-8)7-3-2-6-4-14(7)10(16)15(6)21-22(17,18)19/h5-7H,2-4,11H2,1H3,(H,17,18,19)/t5-,6+,7+/m0/s1. The molecule has 3 heterocycles. The van der Waals surface area contributed by atoms with Crippen molar-refractivity contribution < 1.29 is 26.5 Å². The molecule has 3 N–H and O–H groups in total. The lowest BCUT2D eigenvalue weighted by molar-refractivity contribution is -0.0317. The number of nitrogens with two attached hydrogens (primary N) is 1. The highest BCUT2D eigenvalue weighted by Crippen LogP contribution is 2.38. The zero-order chi connectivity index (χ0) is 16.1. The van der Waals surface area contributed by atoms with Crippen LogP contribution in [0.3, 0.4) is 0 Å². The first kappa shape index (κ1) is 15.1. The molecule has 1 aromatic heterocycles. The third-order valence-electron chi connectivity index (χ3n) is 3.63. The Balaban J connectivity index is 1.82. The van der Waals surface area contributed by atoms with E-state index < -0.39 is 34.6 Å². The van der Waals surface area contributed by atoms with Crippen LogP contribution in [0.2, 0.25) is 0 Å². The lowest BCUT2D eigenvalue weighted by Crippen LogP contribution is -2.35. The van der Waals surface area contributed by atoms with Crippen LogP contribution in [0.4, 0.5) is 4.79 Å². The quantitative estimate of drug-likeness (QED) is 0.711. The topological polar surface area (TPSA) is 152 Å². The number of piperidine rings is 1. The van der Waals surface area contributed by atoms with Gasteiger partial charge in [-0.3, -0.25) is 4.55 Å². The second kappa shape index (κ2) is 5.15. The summed E-state index contributed by atoms with van der Waals surface area (Å²) in [5, 5.41) is 8.38. The fourth-order valence-corrected chi connectivity index (χ4v) is 3.04. The summed E-state index contributed by atoms with van der Waals surface area (Å²) in [6.07, 6.45) is 0.973. The van der Waals surface area contributed by atoms with E-state index in [0.29, 0.717) is 17.9 Å². The van der Waals surface area contributed by atoms with Gasteiger partial charge in [0.25, 0.3) is 0 Å². The van der Waals surface area contributed by atoms with Gasteiger partial charge in [-0.2, -0.15) is 13.5 Å². The van der Waals surface area contributed by atoms with Gasteiger partial charge in [0.15, 0.2) is 0 Å². The van der Waals surface area contributed by atoms with Gasteiger partial charge in [-0.15, -0.1) is 14.5 Å². The van der Waals surface area contributed by atoms with Crippen molar-refractivity contribution in [3.8, 4) is 0 Å². The van der Waals surface area contributed by atoms with Crippen molar-refractivity contribution in [3.63, 3.8) is 0 Å². The molecule has 11 nitrogen and oxygen atoms in total.